The van der Waals surface area contributed by atoms with Gasteiger partial charge in [-0.05, 0) is 105 Å². The minimum absolute atomic E-state index is 0. The van der Waals surface area contributed by atoms with Gasteiger partial charge >= 0.3 is 29.6 Å². The van der Waals surface area contributed by atoms with Crippen LogP contribution >= 0.6 is 0 Å². The molecule has 1 aliphatic rings. The van der Waals surface area contributed by atoms with E-state index in [1.807, 2.05) is 48.6 Å². The molecule has 40 heavy (non-hydrogen) atoms. The van der Waals surface area contributed by atoms with Crippen LogP contribution in [-0.4, -0.2) is 62.4 Å². The number of allylic oxidation sites excluding steroid dienone is 5. The average molecular weight is 597 g/mol. The van der Waals surface area contributed by atoms with Gasteiger partial charge in [0.05, 0.1) is 4.90 Å². The Hall–Kier alpha value is -2.05. The second kappa shape index (κ2) is 13.7. The molecule has 0 fully saturated rings. The van der Waals surface area contributed by atoms with Gasteiger partial charge < -0.3 is 4.90 Å². The van der Waals surface area contributed by atoms with Gasteiger partial charge in [0.1, 0.15) is 18.0 Å². The molecular formula is C29H37N2NaO6S2+2. The Morgan fingerprint density at radius 1 is 0.800 bits per heavy atom. The third-order valence-electron chi connectivity index (χ3n) is 7.10. The molecule has 0 aliphatic heterocycles. The van der Waals surface area contributed by atoms with E-state index in [2.05, 4.69) is 37.2 Å². The van der Waals surface area contributed by atoms with Gasteiger partial charge in [0.15, 0.2) is 5.71 Å². The van der Waals surface area contributed by atoms with Crippen LogP contribution < -0.4 is 34.5 Å². The van der Waals surface area contributed by atoms with Crippen molar-refractivity contribution in [3.63, 3.8) is 0 Å². The second-order valence-corrected chi connectivity index (χ2v) is 12.0. The molecule has 210 valence electrons. The van der Waals surface area contributed by atoms with Crippen LogP contribution in [0.2, 0.25) is 0 Å². The largest absolute Gasteiger partial charge is 1.00 e. The van der Waals surface area contributed by atoms with Crippen LogP contribution in [0.15, 0.2) is 70.0 Å². The number of anilines is 1. The van der Waals surface area contributed by atoms with Crippen molar-refractivity contribution in [3.05, 3.63) is 82.5 Å². The van der Waals surface area contributed by atoms with Crippen molar-refractivity contribution < 1.29 is 60.1 Å². The molecule has 0 spiro atoms. The molecule has 2 aromatic carbocycles. The Bertz CT molecular complexity index is 1580. The predicted octanol–water partition coefficient (Wildman–Crippen LogP) is 2.07. The van der Waals surface area contributed by atoms with E-state index >= 15 is 0 Å². The number of hydrogen-bond donors (Lipinski definition) is 2. The molecule has 2 aromatic rings. The van der Waals surface area contributed by atoms with Gasteiger partial charge in [0.25, 0.3) is 20.2 Å². The first-order valence-electron chi connectivity index (χ1n) is 13.0. The summed E-state index contributed by atoms with van der Waals surface area (Å²) in [5.74, 6) is 0. The van der Waals surface area contributed by atoms with Crippen LogP contribution in [-0.2, 0) is 20.2 Å². The molecule has 0 atom stereocenters. The first-order chi connectivity index (χ1) is 18.3. The molecule has 0 saturated carbocycles. The second-order valence-electron chi connectivity index (χ2n) is 9.26. The maximum atomic E-state index is 12.4. The Morgan fingerprint density at radius 2 is 1.32 bits per heavy atom. The number of hydrogen-bond acceptors (Lipinski definition) is 5. The van der Waals surface area contributed by atoms with Crippen molar-refractivity contribution in [2.45, 2.75) is 51.3 Å². The molecular weight excluding hydrogens is 559 g/mol. The summed E-state index contributed by atoms with van der Waals surface area (Å²) in [6.07, 6.45) is 7.73. The van der Waals surface area contributed by atoms with Crippen molar-refractivity contribution in [2.24, 2.45) is 0 Å². The number of benzene rings is 2. The summed E-state index contributed by atoms with van der Waals surface area (Å²) in [4.78, 5) is 1.07. The third-order valence-corrected chi connectivity index (χ3v) is 9.21. The molecule has 0 amide bonds. The van der Waals surface area contributed by atoms with Crippen molar-refractivity contribution in [2.75, 3.05) is 31.1 Å². The van der Waals surface area contributed by atoms with E-state index < -0.39 is 30.0 Å². The molecule has 0 saturated heterocycles. The van der Waals surface area contributed by atoms with E-state index in [0.29, 0.717) is 5.57 Å². The zero-order chi connectivity index (χ0) is 29.1. The Morgan fingerprint density at radius 3 is 1.75 bits per heavy atom. The van der Waals surface area contributed by atoms with Crippen molar-refractivity contribution in [3.8, 4) is 0 Å². The van der Waals surface area contributed by atoms with Crippen LogP contribution in [0.5, 0.6) is 0 Å². The molecule has 0 unspecified atom stereocenters. The Kier molecular flexibility index (Phi) is 11.7. The minimum Gasteiger partial charge on any atom is -0.372 e. The van der Waals surface area contributed by atoms with Crippen molar-refractivity contribution >= 4 is 37.2 Å². The summed E-state index contributed by atoms with van der Waals surface area (Å²) < 4.78 is 71.7. The van der Waals surface area contributed by atoms with Crippen molar-refractivity contribution in [1.29, 1.82) is 0 Å². The van der Waals surface area contributed by atoms with Gasteiger partial charge in [-0.3, -0.25) is 9.11 Å². The normalized spacial score (nSPS) is 13.3. The molecule has 2 N–H and O–H groups in total. The van der Waals surface area contributed by atoms with Crippen molar-refractivity contribution in [1.82, 2.24) is 0 Å². The van der Waals surface area contributed by atoms with E-state index in [1.165, 1.54) is 19.9 Å². The molecule has 3 rings (SSSR count). The molecule has 0 bridgehead atoms. The minimum atomic E-state index is -4.82. The molecule has 11 heteroatoms. The van der Waals surface area contributed by atoms with E-state index in [1.54, 1.807) is 0 Å². The average Bonchev–Trinajstić information content (AvgIpc) is 2.87. The summed E-state index contributed by atoms with van der Waals surface area (Å²) in [6.45, 7) is 14.3. The van der Waals surface area contributed by atoms with E-state index in [4.69, 9.17) is 0 Å². The zero-order valence-electron chi connectivity index (χ0n) is 24.3. The van der Waals surface area contributed by atoms with Crippen LogP contribution in [0.4, 0.5) is 5.69 Å². The van der Waals surface area contributed by atoms with Crippen LogP contribution in [0.25, 0.3) is 5.57 Å². The van der Waals surface area contributed by atoms with E-state index in [-0.39, 0.29) is 46.2 Å². The number of nitrogens with zero attached hydrogens (tertiary/aromatic N) is 2. The summed E-state index contributed by atoms with van der Waals surface area (Å²) in [5.41, 5.74) is 4.24. The summed E-state index contributed by atoms with van der Waals surface area (Å²) >= 11 is 0. The smallest absolute Gasteiger partial charge is 0.372 e. The standard InChI is InChI=1S/C29H36N2O6S2.Na/c1-7-30(8-2)24-15-11-22(12-16-24)28(23-13-17-25(18-14-23)31(9-3)10-4)26-19-27(38(32,33)34)21(6)29(20(26)5)39(35,36)37;/h11-19H,7-10H2,1-6H3,(H-,32,33,34,35,36,37);/q;+1/p+1. The van der Waals surface area contributed by atoms with Gasteiger partial charge in [0, 0.05) is 30.9 Å². The number of rotatable bonds is 9. The fraction of sp³-hybridized carbons (Fsp3) is 0.345. The predicted molar refractivity (Wildman–Crippen MR) is 156 cm³/mol. The fourth-order valence-electron chi connectivity index (χ4n) is 5.11. The third kappa shape index (κ3) is 7.23. The van der Waals surface area contributed by atoms with Gasteiger partial charge in [-0.2, -0.15) is 16.8 Å². The van der Waals surface area contributed by atoms with Crippen LogP contribution in [0.1, 0.15) is 49.9 Å². The quantitative estimate of drug-likeness (QED) is 0.259. The molecule has 8 nitrogen and oxygen atoms in total. The summed E-state index contributed by atoms with van der Waals surface area (Å²) in [5, 5.41) is 0. The summed E-state index contributed by atoms with van der Waals surface area (Å²) in [7, 11) is -9.62. The van der Waals surface area contributed by atoms with E-state index in [0.717, 1.165) is 48.7 Å². The first-order valence-corrected chi connectivity index (χ1v) is 15.8. The molecule has 1 aliphatic carbocycles. The SMILES string of the molecule is CCN(CC)c1ccc(C(=C2C=CC(=[N+](CC)CC)C=C2)c2cc(S(=O)(=O)O)c(C)c(S(=O)(=O)O)c2C)cc1.[Na+]. The maximum absolute atomic E-state index is 12.4. The van der Waals surface area contributed by atoms with Crippen LogP contribution in [0.3, 0.4) is 0 Å². The topological polar surface area (TPSA) is 115 Å². The van der Waals surface area contributed by atoms with Gasteiger partial charge in [-0.25, -0.2) is 4.58 Å². The monoisotopic (exact) mass is 596 g/mol. The maximum Gasteiger partial charge on any atom is 1.00 e. The van der Waals surface area contributed by atoms with E-state index in [9.17, 15) is 25.9 Å². The van der Waals surface area contributed by atoms with Gasteiger partial charge in [-0.1, -0.05) is 12.1 Å². The zero-order valence-corrected chi connectivity index (χ0v) is 27.9. The van der Waals surface area contributed by atoms with Gasteiger partial charge in [0.2, 0.25) is 0 Å². The van der Waals surface area contributed by atoms with Crippen LogP contribution in [0, 0.1) is 13.8 Å². The van der Waals surface area contributed by atoms with Gasteiger partial charge in [-0.15, -0.1) is 0 Å². The molecule has 0 aromatic heterocycles. The fourth-order valence-corrected chi connectivity index (χ4v) is 6.92. The Balaban J connectivity index is 0.00000560. The molecule has 0 radical (unpaired) electrons. The summed E-state index contributed by atoms with van der Waals surface area (Å²) in [6, 6.07) is 9.01. The molecule has 0 heterocycles. The Labute approximate surface area is 260 Å². The first kappa shape index (κ1) is 34.2.